The molecule has 2 N–H and O–H groups in total. The molecule has 1 aromatic carbocycles. The molecule has 0 fully saturated rings. The predicted octanol–water partition coefficient (Wildman–Crippen LogP) is 3.87. The maximum absolute atomic E-state index is 13.0. The van der Waals surface area contributed by atoms with Crippen molar-refractivity contribution in [2.45, 2.75) is 40.2 Å². The molecule has 0 aliphatic heterocycles. The molecule has 0 spiro atoms. The van der Waals surface area contributed by atoms with Gasteiger partial charge in [0.25, 0.3) is 10.2 Å². The molecule has 0 aliphatic rings. The highest BCUT2D eigenvalue weighted by molar-refractivity contribution is 7.87. The molecule has 0 saturated heterocycles. The molecule has 9 nitrogen and oxygen atoms in total. The van der Waals surface area contributed by atoms with Crippen molar-refractivity contribution in [2.24, 2.45) is 11.8 Å². The van der Waals surface area contributed by atoms with Crippen molar-refractivity contribution in [3.8, 4) is 11.6 Å². The van der Waals surface area contributed by atoms with Crippen LogP contribution in [-0.4, -0.2) is 52.9 Å². The lowest BCUT2D eigenvalue weighted by Gasteiger charge is -2.27. The van der Waals surface area contributed by atoms with Gasteiger partial charge in [-0.3, -0.25) is 9.78 Å². The van der Waals surface area contributed by atoms with Gasteiger partial charge in [-0.05, 0) is 48.1 Å². The molecule has 3 aromatic rings. The van der Waals surface area contributed by atoms with Crippen molar-refractivity contribution in [2.75, 3.05) is 13.1 Å². The van der Waals surface area contributed by atoms with E-state index in [9.17, 15) is 18.3 Å². The molecule has 0 bridgehead atoms. The van der Waals surface area contributed by atoms with E-state index < -0.39 is 22.2 Å². The summed E-state index contributed by atoms with van der Waals surface area (Å²) in [5.74, 6) is -0.0685. The molecule has 0 saturated carbocycles. The zero-order valence-electron chi connectivity index (χ0n) is 20.4. The van der Waals surface area contributed by atoms with Gasteiger partial charge >= 0.3 is 5.97 Å². The number of benzene rings is 1. The first kappa shape index (κ1) is 26.5. The smallest absolute Gasteiger partial charge is 0.322 e. The van der Waals surface area contributed by atoms with Crippen molar-refractivity contribution in [1.29, 1.82) is 0 Å². The van der Waals surface area contributed by atoms with Gasteiger partial charge in [-0.1, -0.05) is 39.8 Å². The summed E-state index contributed by atoms with van der Waals surface area (Å²) in [5, 5.41) is 11.4. The van der Waals surface area contributed by atoms with E-state index in [1.807, 2.05) is 39.8 Å². The molecule has 10 heteroatoms. The quantitative estimate of drug-likeness (QED) is 0.387. The fourth-order valence-corrected chi connectivity index (χ4v) is 5.31. The van der Waals surface area contributed by atoms with Crippen LogP contribution in [0.2, 0.25) is 0 Å². The number of rotatable bonds is 12. The maximum atomic E-state index is 13.0. The SMILES string of the molecule is CC(C)CN(CC(C)C)S(=O)(=O)NC(Cc1ccc(Oc2nccc3cnccc23)cc1)C(=O)O. The van der Waals surface area contributed by atoms with E-state index in [4.69, 9.17) is 4.74 Å². The van der Waals surface area contributed by atoms with Crippen molar-refractivity contribution >= 4 is 27.0 Å². The fourth-order valence-electron chi connectivity index (χ4n) is 3.63. The second-order valence-corrected chi connectivity index (χ2v) is 11.0. The van der Waals surface area contributed by atoms with Crippen LogP contribution in [0.3, 0.4) is 0 Å². The molecule has 3 rings (SSSR count). The molecule has 2 heterocycles. The molecule has 1 unspecified atom stereocenters. The topological polar surface area (TPSA) is 122 Å². The summed E-state index contributed by atoms with van der Waals surface area (Å²) in [7, 11) is -3.98. The van der Waals surface area contributed by atoms with Crippen LogP contribution in [-0.2, 0) is 21.4 Å². The number of carbonyl (C=O) groups is 1. The lowest BCUT2D eigenvalue weighted by Crippen LogP contribution is -2.50. The highest BCUT2D eigenvalue weighted by Crippen LogP contribution is 2.27. The summed E-state index contributed by atoms with van der Waals surface area (Å²) in [6.45, 7) is 8.31. The van der Waals surface area contributed by atoms with Crippen LogP contribution in [0.5, 0.6) is 11.6 Å². The number of hydrogen-bond donors (Lipinski definition) is 2. The molecule has 2 aromatic heterocycles. The van der Waals surface area contributed by atoms with Gasteiger partial charge in [-0.2, -0.15) is 17.4 Å². The number of ether oxygens (including phenoxy) is 1. The first-order chi connectivity index (χ1) is 16.5. The van der Waals surface area contributed by atoms with Crippen LogP contribution in [0.1, 0.15) is 33.3 Å². The van der Waals surface area contributed by atoms with E-state index in [1.54, 1.807) is 42.9 Å². The van der Waals surface area contributed by atoms with Crippen molar-refractivity contribution in [3.05, 3.63) is 60.6 Å². The Morgan fingerprint density at radius 3 is 2.29 bits per heavy atom. The van der Waals surface area contributed by atoms with E-state index in [-0.39, 0.29) is 18.3 Å². The fraction of sp³-hybridized carbons (Fsp3) is 0.400. The van der Waals surface area contributed by atoms with Crippen LogP contribution in [0.25, 0.3) is 10.8 Å². The molecule has 0 radical (unpaired) electrons. The van der Waals surface area contributed by atoms with E-state index >= 15 is 0 Å². The van der Waals surface area contributed by atoms with Gasteiger partial charge < -0.3 is 9.84 Å². The second-order valence-electron chi connectivity index (χ2n) is 9.28. The Hall–Kier alpha value is -3.08. The Labute approximate surface area is 206 Å². The minimum Gasteiger partial charge on any atom is -0.480 e. The predicted molar refractivity (Wildman–Crippen MR) is 134 cm³/mol. The molecule has 1 atom stereocenters. The second kappa shape index (κ2) is 11.6. The third-order valence-electron chi connectivity index (χ3n) is 5.17. The molecular weight excluding hydrogens is 468 g/mol. The zero-order chi connectivity index (χ0) is 25.6. The van der Waals surface area contributed by atoms with Gasteiger partial charge in [0.05, 0.1) is 0 Å². The average Bonchev–Trinajstić information content (AvgIpc) is 2.79. The minimum absolute atomic E-state index is 0.00969. The van der Waals surface area contributed by atoms with Crippen molar-refractivity contribution in [1.82, 2.24) is 19.0 Å². The number of fused-ring (bicyclic) bond motifs is 1. The summed E-state index contributed by atoms with van der Waals surface area (Å²) < 4.78 is 35.6. The summed E-state index contributed by atoms with van der Waals surface area (Å²) in [4.78, 5) is 20.3. The first-order valence-electron chi connectivity index (χ1n) is 11.5. The third kappa shape index (κ3) is 7.45. The van der Waals surface area contributed by atoms with Crippen LogP contribution in [0.15, 0.2) is 55.0 Å². The van der Waals surface area contributed by atoms with Gasteiger partial charge in [0.2, 0.25) is 5.88 Å². The summed E-state index contributed by atoms with van der Waals surface area (Å²) >= 11 is 0. The number of carboxylic acids is 1. The van der Waals surface area contributed by atoms with Gasteiger partial charge in [0.15, 0.2) is 0 Å². The first-order valence-corrected chi connectivity index (χ1v) is 12.9. The van der Waals surface area contributed by atoms with Gasteiger partial charge in [-0.25, -0.2) is 4.98 Å². The van der Waals surface area contributed by atoms with E-state index in [2.05, 4.69) is 14.7 Å². The molecular formula is C25H32N4O5S. The number of pyridine rings is 2. The molecule has 0 aliphatic carbocycles. The van der Waals surface area contributed by atoms with Crippen LogP contribution in [0.4, 0.5) is 0 Å². The standard InChI is InChI=1S/C25H32N4O5S/c1-17(2)15-29(16-18(3)4)35(32,33)28-23(25(30)31)13-19-5-7-21(8-6-19)34-24-22-10-11-26-14-20(22)9-12-27-24/h5-12,14,17-18,23,28H,13,15-16H2,1-4H3,(H,30,31). The highest BCUT2D eigenvalue weighted by Gasteiger charge is 2.30. The monoisotopic (exact) mass is 500 g/mol. The Bertz CT molecular complexity index is 1230. The lowest BCUT2D eigenvalue weighted by molar-refractivity contribution is -0.138. The number of aromatic nitrogens is 2. The lowest BCUT2D eigenvalue weighted by atomic mass is 10.1. The van der Waals surface area contributed by atoms with Crippen molar-refractivity contribution in [3.63, 3.8) is 0 Å². The number of aliphatic carboxylic acids is 1. The Kier molecular flexibility index (Phi) is 8.76. The average molecular weight is 501 g/mol. The number of carboxylic acid groups (broad SMARTS) is 1. The van der Waals surface area contributed by atoms with Crippen LogP contribution >= 0.6 is 0 Å². The molecule has 0 amide bonds. The number of hydrogen-bond acceptors (Lipinski definition) is 6. The van der Waals surface area contributed by atoms with E-state index in [1.165, 1.54) is 4.31 Å². The van der Waals surface area contributed by atoms with Crippen LogP contribution < -0.4 is 9.46 Å². The van der Waals surface area contributed by atoms with Crippen molar-refractivity contribution < 1.29 is 23.1 Å². The summed E-state index contributed by atoms with van der Waals surface area (Å²) in [6, 6.07) is 9.19. The van der Waals surface area contributed by atoms with Gasteiger partial charge in [-0.15, -0.1) is 0 Å². The molecule has 35 heavy (non-hydrogen) atoms. The zero-order valence-corrected chi connectivity index (χ0v) is 21.2. The van der Waals surface area contributed by atoms with Crippen LogP contribution in [0, 0.1) is 11.8 Å². The Balaban J connectivity index is 1.73. The number of nitrogens with zero attached hydrogens (tertiary/aromatic N) is 3. The molecule has 188 valence electrons. The maximum Gasteiger partial charge on any atom is 0.322 e. The summed E-state index contributed by atoms with van der Waals surface area (Å²) in [5.41, 5.74) is 0.654. The van der Waals surface area contributed by atoms with E-state index in [0.717, 1.165) is 10.8 Å². The van der Waals surface area contributed by atoms with Gasteiger partial charge in [0.1, 0.15) is 11.8 Å². The normalized spacial score (nSPS) is 13.0. The Morgan fingerprint density at radius 1 is 1.03 bits per heavy atom. The third-order valence-corrected chi connectivity index (χ3v) is 6.73. The Morgan fingerprint density at radius 2 is 1.69 bits per heavy atom. The highest BCUT2D eigenvalue weighted by atomic mass is 32.2. The minimum atomic E-state index is -3.98. The number of nitrogens with one attached hydrogen (secondary N) is 1. The largest absolute Gasteiger partial charge is 0.480 e. The van der Waals surface area contributed by atoms with E-state index in [0.29, 0.717) is 30.3 Å². The van der Waals surface area contributed by atoms with Gasteiger partial charge in [0, 0.05) is 42.5 Å². The summed E-state index contributed by atoms with van der Waals surface area (Å²) in [6.07, 6.45) is 5.02.